The molecule has 2 unspecified atom stereocenters. The summed E-state index contributed by atoms with van der Waals surface area (Å²) in [4.78, 5) is 24.4. The molecule has 5 fully saturated rings. The minimum absolute atomic E-state index is 0.0239. The topological polar surface area (TPSA) is 52.6 Å². The van der Waals surface area contributed by atoms with Crippen molar-refractivity contribution in [1.29, 1.82) is 0 Å². The molecule has 5 aliphatic carbocycles. The van der Waals surface area contributed by atoms with Crippen LogP contribution in [0.2, 0.25) is 0 Å². The first-order valence-electron chi connectivity index (χ1n) is 11.7. The Morgan fingerprint density at radius 2 is 1.60 bits per heavy atom. The molecular formula is C24H36F2O4. The van der Waals surface area contributed by atoms with Crippen LogP contribution in [-0.4, -0.2) is 30.6 Å². The Hall–Kier alpha value is -1.20. The van der Waals surface area contributed by atoms with Gasteiger partial charge in [-0.05, 0) is 87.4 Å². The fourth-order valence-electron chi connectivity index (χ4n) is 7.43. The molecule has 0 heterocycles. The van der Waals surface area contributed by atoms with Crippen LogP contribution in [0, 0.1) is 34.5 Å². The van der Waals surface area contributed by atoms with Crippen molar-refractivity contribution in [2.45, 2.75) is 97.0 Å². The third-order valence-electron chi connectivity index (χ3n) is 8.43. The van der Waals surface area contributed by atoms with E-state index < -0.39 is 18.0 Å². The van der Waals surface area contributed by atoms with Gasteiger partial charge in [-0.25, -0.2) is 4.79 Å². The molecular weight excluding hydrogens is 390 g/mol. The van der Waals surface area contributed by atoms with Gasteiger partial charge in [-0.1, -0.05) is 20.8 Å². The van der Waals surface area contributed by atoms with Crippen molar-refractivity contribution in [2.24, 2.45) is 34.5 Å². The van der Waals surface area contributed by atoms with E-state index >= 15 is 0 Å². The van der Waals surface area contributed by atoms with Gasteiger partial charge >= 0.3 is 18.4 Å². The van der Waals surface area contributed by atoms with E-state index in [1.165, 1.54) is 0 Å². The first-order chi connectivity index (χ1) is 14.0. The predicted octanol–water partition coefficient (Wildman–Crippen LogP) is 5.53. The van der Waals surface area contributed by atoms with Gasteiger partial charge in [-0.15, -0.1) is 0 Å². The largest absolute Gasteiger partial charge is 0.461 e. The molecule has 0 radical (unpaired) electrons. The monoisotopic (exact) mass is 426 g/mol. The van der Waals surface area contributed by atoms with Gasteiger partial charge in [0.2, 0.25) is 0 Å². The summed E-state index contributed by atoms with van der Waals surface area (Å²) in [6.45, 7) is 6.84. The fraction of sp³-hybridized carbons (Fsp3) is 0.917. The highest BCUT2D eigenvalue weighted by atomic mass is 19.3. The second-order valence-electron chi connectivity index (χ2n) is 11.9. The molecule has 2 atom stereocenters. The van der Waals surface area contributed by atoms with E-state index in [-0.39, 0.29) is 29.3 Å². The van der Waals surface area contributed by atoms with E-state index in [0.29, 0.717) is 24.2 Å². The van der Waals surface area contributed by atoms with Crippen LogP contribution in [0.4, 0.5) is 8.78 Å². The first kappa shape index (κ1) is 22.0. The van der Waals surface area contributed by atoms with Crippen molar-refractivity contribution in [3.05, 3.63) is 0 Å². The van der Waals surface area contributed by atoms with Gasteiger partial charge in [0.15, 0.2) is 0 Å². The van der Waals surface area contributed by atoms with Gasteiger partial charge in [0, 0.05) is 5.41 Å². The third-order valence-corrected chi connectivity index (χ3v) is 8.43. The second kappa shape index (κ2) is 7.74. The normalized spacial score (nSPS) is 40.5. The summed E-state index contributed by atoms with van der Waals surface area (Å²) in [6, 6.07) is 0. The van der Waals surface area contributed by atoms with Crippen molar-refractivity contribution in [3.8, 4) is 0 Å². The number of hydrogen-bond donors (Lipinski definition) is 0. The minimum Gasteiger partial charge on any atom is -0.461 e. The highest BCUT2D eigenvalue weighted by Crippen LogP contribution is 2.63. The van der Waals surface area contributed by atoms with Gasteiger partial charge in [-0.3, -0.25) is 4.79 Å². The summed E-state index contributed by atoms with van der Waals surface area (Å²) in [5.41, 5.74) is -0.519. The van der Waals surface area contributed by atoms with E-state index in [4.69, 9.17) is 9.47 Å². The highest BCUT2D eigenvalue weighted by Gasteiger charge is 2.60. The van der Waals surface area contributed by atoms with Crippen LogP contribution in [0.3, 0.4) is 0 Å². The Kier molecular flexibility index (Phi) is 5.68. The summed E-state index contributed by atoms with van der Waals surface area (Å²) in [5.74, 6) is -0.0172. The summed E-state index contributed by atoms with van der Waals surface area (Å²) in [7, 11) is 0. The van der Waals surface area contributed by atoms with Gasteiger partial charge < -0.3 is 9.47 Å². The van der Waals surface area contributed by atoms with Crippen LogP contribution in [0.15, 0.2) is 0 Å². The van der Waals surface area contributed by atoms with E-state index in [2.05, 4.69) is 20.8 Å². The molecule has 0 aromatic heterocycles. The smallest absolute Gasteiger partial charge is 0.373 e. The molecule has 4 bridgehead atoms. The Morgan fingerprint density at radius 3 is 2.13 bits per heavy atom. The molecule has 30 heavy (non-hydrogen) atoms. The zero-order chi connectivity index (χ0) is 21.7. The van der Waals surface area contributed by atoms with Gasteiger partial charge in [0.25, 0.3) is 0 Å². The molecule has 5 saturated carbocycles. The fourth-order valence-corrected chi connectivity index (χ4v) is 7.43. The molecule has 5 aliphatic rings. The zero-order valence-corrected chi connectivity index (χ0v) is 18.6. The lowest BCUT2D eigenvalue weighted by molar-refractivity contribution is -0.215. The van der Waals surface area contributed by atoms with E-state index in [1.54, 1.807) is 0 Å². The van der Waals surface area contributed by atoms with E-state index in [1.807, 2.05) is 0 Å². The van der Waals surface area contributed by atoms with Crippen LogP contribution in [0.5, 0.6) is 0 Å². The molecule has 0 aliphatic heterocycles. The second-order valence-corrected chi connectivity index (χ2v) is 11.9. The molecule has 0 N–H and O–H groups in total. The number of esters is 2. The van der Waals surface area contributed by atoms with Crippen molar-refractivity contribution in [3.63, 3.8) is 0 Å². The maximum atomic E-state index is 13.1. The Labute approximate surface area is 178 Å². The maximum absolute atomic E-state index is 13.1. The van der Waals surface area contributed by atoms with Crippen molar-refractivity contribution < 1.29 is 27.8 Å². The number of rotatable bonds is 5. The van der Waals surface area contributed by atoms with E-state index in [9.17, 15) is 18.4 Å². The summed E-state index contributed by atoms with van der Waals surface area (Å²) in [6.07, 6.45) is 6.09. The molecule has 0 saturated heterocycles. The average Bonchev–Trinajstić information content (AvgIpc) is 2.64. The van der Waals surface area contributed by atoms with Crippen LogP contribution in [0.25, 0.3) is 0 Å². The van der Waals surface area contributed by atoms with Crippen LogP contribution >= 0.6 is 0 Å². The zero-order valence-electron chi connectivity index (χ0n) is 18.6. The van der Waals surface area contributed by atoms with Crippen molar-refractivity contribution in [2.75, 3.05) is 6.61 Å². The van der Waals surface area contributed by atoms with Crippen LogP contribution < -0.4 is 0 Å². The summed E-state index contributed by atoms with van der Waals surface area (Å²) in [5, 5.41) is 0. The number of halogens is 2. The first-order valence-corrected chi connectivity index (χ1v) is 11.7. The molecule has 0 aromatic rings. The van der Waals surface area contributed by atoms with Gasteiger partial charge in [-0.2, -0.15) is 8.78 Å². The standard InChI is InChI=1S/C24H36F2O4/c1-22(2,3)18-6-4-17(5-7-18)20(27)30-24-11-15-8-16(12-24)10-23(9-15,13-24)14-29-21(28)19(25)26/h15-19H,4-14H2,1-3H3. The highest BCUT2D eigenvalue weighted by molar-refractivity contribution is 5.73. The molecule has 4 nitrogen and oxygen atoms in total. The predicted molar refractivity (Wildman–Crippen MR) is 108 cm³/mol. The van der Waals surface area contributed by atoms with Crippen molar-refractivity contribution >= 4 is 11.9 Å². The Bertz CT molecular complexity index is 661. The van der Waals surface area contributed by atoms with Crippen LogP contribution in [-0.2, 0) is 19.1 Å². The Balaban J connectivity index is 1.39. The van der Waals surface area contributed by atoms with Gasteiger partial charge in [0.1, 0.15) is 5.60 Å². The maximum Gasteiger partial charge on any atom is 0.373 e. The number of ether oxygens (including phenoxy) is 2. The lowest BCUT2D eigenvalue weighted by atomic mass is 9.48. The SMILES string of the molecule is CC(C)(C)C1CCC(C(=O)OC23CC4CC(CC(COC(=O)C(F)F)(C4)C2)C3)CC1. The molecule has 5 rings (SSSR count). The minimum atomic E-state index is -3.09. The molecule has 0 aromatic carbocycles. The lowest BCUT2D eigenvalue weighted by Gasteiger charge is -2.61. The van der Waals surface area contributed by atoms with Gasteiger partial charge in [0.05, 0.1) is 12.5 Å². The molecule has 0 spiro atoms. The van der Waals surface area contributed by atoms with Crippen LogP contribution in [0.1, 0.15) is 85.0 Å². The lowest BCUT2D eigenvalue weighted by Crippen LogP contribution is -2.59. The summed E-state index contributed by atoms with van der Waals surface area (Å²) >= 11 is 0. The summed E-state index contributed by atoms with van der Waals surface area (Å²) < 4.78 is 36.4. The molecule has 170 valence electrons. The molecule has 0 amide bonds. The number of carbonyl (C=O) groups excluding carboxylic acids is 2. The quantitative estimate of drug-likeness (QED) is 0.543. The average molecular weight is 427 g/mol. The number of carbonyl (C=O) groups is 2. The molecule has 6 heteroatoms. The van der Waals surface area contributed by atoms with E-state index in [0.717, 1.165) is 57.8 Å². The third kappa shape index (κ3) is 4.38. The number of alkyl halides is 2. The van der Waals surface area contributed by atoms with Crippen molar-refractivity contribution in [1.82, 2.24) is 0 Å². The number of hydrogen-bond acceptors (Lipinski definition) is 4. The Morgan fingerprint density at radius 1 is 1.00 bits per heavy atom.